The summed E-state index contributed by atoms with van der Waals surface area (Å²) >= 11 is 0. The lowest BCUT2D eigenvalue weighted by Crippen LogP contribution is -2.45. The second kappa shape index (κ2) is 70.3. The van der Waals surface area contributed by atoms with Crippen LogP contribution < -0.4 is 5.32 Å². The Morgan fingerprint density at radius 2 is 0.630 bits per heavy atom. The molecule has 0 aliphatic heterocycles. The smallest absolute Gasteiger partial charge is 0.305 e. The second-order valence-electron chi connectivity index (χ2n) is 24.9. The third kappa shape index (κ3) is 66.8. The monoisotopic (exact) mass is 1140 g/mol. The number of hydrogen-bond acceptors (Lipinski definition) is 5. The molecule has 0 spiro atoms. The zero-order valence-electron chi connectivity index (χ0n) is 54.5. The minimum Gasteiger partial charge on any atom is -0.466 e. The number of ether oxygens (including phenoxy) is 1. The fourth-order valence-electron chi connectivity index (χ4n) is 11.2. The SMILES string of the molecule is CCCC/C=C\C/C=C\CCCCCCCC(=O)OCCCCCCCCCCCCCCCCCCCC/C=C\CCCCCCCCCCCCCCCCCCCC(=O)NC(CO)C(O)/C=C/CCCCCCCCCCC. The van der Waals surface area contributed by atoms with E-state index in [1.54, 1.807) is 6.08 Å². The molecule has 0 fully saturated rings. The molecule has 0 saturated heterocycles. The normalized spacial score (nSPS) is 12.8. The van der Waals surface area contributed by atoms with Gasteiger partial charge in [0.2, 0.25) is 5.91 Å². The van der Waals surface area contributed by atoms with Crippen LogP contribution in [-0.4, -0.2) is 47.4 Å². The Hall–Kier alpha value is -2.18. The third-order valence-corrected chi connectivity index (χ3v) is 16.8. The van der Waals surface area contributed by atoms with Crippen LogP contribution in [0.3, 0.4) is 0 Å². The predicted octanol–water partition coefficient (Wildman–Crippen LogP) is 23.6. The highest BCUT2D eigenvalue weighted by Gasteiger charge is 2.18. The molecule has 0 aliphatic carbocycles. The van der Waals surface area contributed by atoms with Crippen molar-refractivity contribution in [2.45, 2.75) is 405 Å². The van der Waals surface area contributed by atoms with Crippen molar-refractivity contribution in [3.05, 3.63) is 48.6 Å². The molecule has 6 heteroatoms. The van der Waals surface area contributed by atoms with E-state index in [0.29, 0.717) is 19.4 Å². The molecule has 1 amide bonds. The Balaban J connectivity index is 3.32. The minimum absolute atomic E-state index is 0.00758. The summed E-state index contributed by atoms with van der Waals surface area (Å²) in [5, 5.41) is 23.1. The molecule has 476 valence electrons. The van der Waals surface area contributed by atoms with E-state index < -0.39 is 12.1 Å². The van der Waals surface area contributed by atoms with E-state index in [4.69, 9.17) is 4.74 Å². The van der Waals surface area contributed by atoms with Crippen molar-refractivity contribution in [3.8, 4) is 0 Å². The molecule has 3 N–H and O–H groups in total. The number of esters is 1. The molecule has 0 aromatic heterocycles. The van der Waals surface area contributed by atoms with Gasteiger partial charge in [0.15, 0.2) is 0 Å². The van der Waals surface area contributed by atoms with Crippen LogP contribution in [0, 0.1) is 0 Å². The maximum atomic E-state index is 12.4. The summed E-state index contributed by atoms with van der Waals surface area (Å²) in [7, 11) is 0. The van der Waals surface area contributed by atoms with E-state index in [-0.39, 0.29) is 18.5 Å². The van der Waals surface area contributed by atoms with Gasteiger partial charge in [-0.15, -0.1) is 0 Å². The number of unbranched alkanes of at least 4 members (excludes halogenated alkanes) is 51. The Morgan fingerprint density at radius 3 is 0.988 bits per heavy atom. The van der Waals surface area contributed by atoms with E-state index in [1.165, 1.54) is 315 Å². The Kier molecular flexibility index (Phi) is 68.4. The van der Waals surface area contributed by atoms with E-state index in [0.717, 1.165) is 51.4 Å². The number of nitrogens with one attached hydrogen (secondary N) is 1. The lowest BCUT2D eigenvalue weighted by Gasteiger charge is -2.20. The average Bonchev–Trinajstić information content (AvgIpc) is 3.47. The van der Waals surface area contributed by atoms with Crippen molar-refractivity contribution in [3.63, 3.8) is 0 Å². The maximum Gasteiger partial charge on any atom is 0.305 e. The first kappa shape index (κ1) is 78.8. The molecular weight excluding hydrogens is 995 g/mol. The molecule has 6 nitrogen and oxygen atoms in total. The van der Waals surface area contributed by atoms with Gasteiger partial charge in [-0.25, -0.2) is 0 Å². The van der Waals surface area contributed by atoms with Crippen LogP contribution >= 0.6 is 0 Å². The molecule has 0 aromatic carbocycles. The lowest BCUT2D eigenvalue weighted by atomic mass is 10.0. The molecule has 0 bridgehead atoms. The van der Waals surface area contributed by atoms with E-state index in [9.17, 15) is 19.8 Å². The van der Waals surface area contributed by atoms with Gasteiger partial charge in [-0.3, -0.25) is 9.59 Å². The molecule has 2 atom stereocenters. The van der Waals surface area contributed by atoms with Crippen molar-refractivity contribution in [1.29, 1.82) is 0 Å². The summed E-state index contributed by atoms with van der Waals surface area (Å²) in [4.78, 5) is 24.5. The standard InChI is InChI=1S/C75H141NO5/c1-3-5-7-9-11-13-15-16-45-49-53-57-61-65-69-75(80)81-70-66-62-58-54-50-46-43-41-39-37-35-33-31-29-27-25-23-21-19-17-18-20-22-24-26-28-30-32-34-36-38-40-42-44-48-52-56-60-64-68-74(79)76-72(71-77)73(78)67-63-59-55-51-47-14-12-10-8-6-4-2/h9,11,15-18,63,67,72-73,77-78H,3-8,10,12-14,19-62,64-66,68-71H2,1-2H3,(H,76,79)/b11-9-,16-15-,18-17-,67-63+. The Morgan fingerprint density at radius 1 is 0.346 bits per heavy atom. The second-order valence-corrected chi connectivity index (χ2v) is 24.9. The van der Waals surface area contributed by atoms with Gasteiger partial charge in [-0.05, 0) is 83.5 Å². The Bertz CT molecular complexity index is 1360. The Labute approximate surface area is 506 Å². The van der Waals surface area contributed by atoms with Gasteiger partial charge in [0.25, 0.3) is 0 Å². The largest absolute Gasteiger partial charge is 0.466 e. The van der Waals surface area contributed by atoms with Crippen molar-refractivity contribution < 1.29 is 24.5 Å². The molecule has 0 saturated carbocycles. The molecular formula is C75H141NO5. The van der Waals surface area contributed by atoms with Crippen LogP contribution in [0.2, 0.25) is 0 Å². The van der Waals surface area contributed by atoms with Crippen LogP contribution in [0.25, 0.3) is 0 Å². The van der Waals surface area contributed by atoms with Crippen LogP contribution in [0.5, 0.6) is 0 Å². The first-order valence-corrected chi connectivity index (χ1v) is 36.4. The predicted molar refractivity (Wildman–Crippen MR) is 356 cm³/mol. The first-order valence-electron chi connectivity index (χ1n) is 36.4. The summed E-state index contributed by atoms with van der Waals surface area (Å²) in [6.45, 7) is 4.87. The highest BCUT2D eigenvalue weighted by atomic mass is 16.5. The van der Waals surface area contributed by atoms with Crippen LogP contribution in [0.4, 0.5) is 0 Å². The van der Waals surface area contributed by atoms with Crippen LogP contribution in [-0.2, 0) is 14.3 Å². The lowest BCUT2D eigenvalue weighted by molar-refractivity contribution is -0.143. The number of aliphatic hydroxyl groups is 2. The van der Waals surface area contributed by atoms with Gasteiger partial charge < -0.3 is 20.3 Å². The van der Waals surface area contributed by atoms with Crippen LogP contribution in [0.1, 0.15) is 393 Å². The van der Waals surface area contributed by atoms with E-state index in [1.807, 2.05) is 6.08 Å². The molecule has 0 aromatic rings. The number of rotatable bonds is 68. The van der Waals surface area contributed by atoms with Gasteiger partial charge in [-0.2, -0.15) is 0 Å². The molecule has 0 aliphatic rings. The average molecular weight is 1140 g/mol. The number of carbonyl (C=O) groups is 2. The zero-order valence-corrected chi connectivity index (χ0v) is 54.5. The van der Waals surface area contributed by atoms with Gasteiger partial charge in [0.1, 0.15) is 0 Å². The molecule has 0 heterocycles. The van der Waals surface area contributed by atoms with Crippen LogP contribution in [0.15, 0.2) is 48.6 Å². The van der Waals surface area contributed by atoms with Crippen molar-refractivity contribution in [2.75, 3.05) is 13.2 Å². The van der Waals surface area contributed by atoms with E-state index in [2.05, 4.69) is 55.6 Å². The minimum atomic E-state index is -0.840. The summed E-state index contributed by atoms with van der Waals surface area (Å²) in [5.74, 6) is -0.0561. The summed E-state index contributed by atoms with van der Waals surface area (Å²) in [6.07, 6.45) is 92.3. The van der Waals surface area contributed by atoms with Crippen molar-refractivity contribution in [2.24, 2.45) is 0 Å². The fraction of sp³-hybridized carbons (Fsp3) is 0.867. The first-order chi connectivity index (χ1) is 40.0. The van der Waals surface area contributed by atoms with Crippen molar-refractivity contribution >= 4 is 11.9 Å². The zero-order chi connectivity index (χ0) is 58.5. The number of aliphatic hydroxyl groups excluding tert-OH is 2. The van der Waals surface area contributed by atoms with Crippen molar-refractivity contribution in [1.82, 2.24) is 5.32 Å². The fourth-order valence-corrected chi connectivity index (χ4v) is 11.2. The van der Waals surface area contributed by atoms with E-state index >= 15 is 0 Å². The number of allylic oxidation sites excluding steroid dienone is 7. The number of amides is 1. The molecule has 0 radical (unpaired) electrons. The van der Waals surface area contributed by atoms with Gasteiger partial charge in [0.05, 0.1) is 25.4 Å². The molecule has 0 rings (SSSR count). The quantitative estimate of drug-likeness (QED) is 0.0320. The summed E-state index contributed by atoms with van der Waals surface area (Å²) < 4.78 is 5.49. The summed E-state index contributed by atoms with van der Waals surface area (Å²) in [6, 6.07) is -0.623. The topological polar surface area (TPSA) is 95.9 Å². The highest BCUT2D eigenvalue weighted by Crippen LogP contribution is 2.18. The summed E-state index contributed by atoms with van der Waals surface area (Å²) in [5.41, 5.74) is 0. The molecule has 2 unspecified atom stereocenters. The van der Waals surface area contributed by atoms with Gasteiger partial charge in [-0.1, -0.05) is 345 Å². The van der Waals surface area contributed by atoms with Gasteiger partial charge in [0, 0.05) is 12.8 Å². The molecule has 81 heavy (non-hydrogen) atoms. The third-order valence-electron chi connectivity index (χ3n) is 16.8. The highest BCUT2D eigenvalue weighted by molar-refractivity contribution is 5.76. The number of hydrogen-bond donors (Lipinski definition) is 3. The number of carbonyl (C=O) groups excluding carboxylic acids is 2. The van der Waals surface area contributed by atoms with Gasteiger partial charge >= 0.3 is 5.97 Å². The maximum absolute atomic E-state index is 12.4.